The summed E-state index contributed by atoms with van der Waals surface area (Å²) in [7, 11) is 0. The minimum atomic E-state index is 0.240. The molecule has 0 nitrogen and oxygen atoms in total. The maximum absolute atomic E-state index is 3.70. The van der Waals surface area contributed by atoms with Crippen LogP contribution in [0, 0.1) is 12.3 Å². The van der Waals surface area contributed by atoms with E-state index >= 15 is 0 Å². The number of hydrogen-bond acceptors (Lipinski definition) is 2. The molecule has 0 amide bonds. The zero-order valence-corrected chi connectivity index (χ0v) is 20.9. The summed E-state index contributed by atoms with van der Waals surface area (Å²) in [6.07, 6.45) is 9.63. The van der Waals surface area contributed by atoms with E-state index in [4.69, 9.17) is 0 Å². The summed E-state index contributed by atoms with van der Waals surface area (Å²) in [6, 6.07) is 2.36. The average molecular weight is 459 g/mol. The average Bonchev–Trinajstić information content (AvgIpc) is 3.18. The number of thiophene rings is 1. The molecule has 0 saturated carbocycles. The predicted molar refractivity (Wildman–Crippen MR) is 116 cm³/mol. The summed E-state index contributed by atoms with van der Waals surface area (Å²) in [5.74, 6) is 0. The molecule has 2 heterocycles. The van der Waals surface area contributed by atoms with Crippen molar-refractivity contribution in [3.63, 3.8) is 0 Å². The second-order valence-corrected chi connectivity index (χ2v) is 13.4. The molecular formula is C23H27S2Zr-. The zero-order chi connectivity index (χ0) is 19.2. The van der Waals surface area contributed by atoms with Gasteiger partial charge >= 0.3 is 41.3 Å². The van der Waals surface area contributed by atoms with E-state index in [-0.39, 0.29) is 5.41 Å². The van der Waals surface area contributed by atoms with Crippen LogP contribution in [-0.2, 0) is 24.2 Å². The fourth-order valence-electron chi connectivity index (χ4n) is 3.55. The van der Waals surface area contributed by atoms with Crippen LogP contribution >= 0.6 is 23.1 Å². The van der Waals surface area contributed by atoms with Gasteiger partial charge in [-0.25, -0.2) is 6.08 Å². The van der Waals surface area contributed by atoms with Gasteiger partial charge in [0.2, 0.25) is 0 Å². The molecule has 0 bridgehead atoms. The predicted octanol–water partition coefficient (Wildman–Crippen LogP) is 5.32. The maximum atomic E-state index is 3.70. The standard InChI is InChI=1S/C20H21S2.C3H6.Zr/c1-11-8-15-16(21-11)10-17-19(15)18(12(2)22-17)13-6-7-14(9-13)20(3,4)5;1-3-2;/h7-9,17H,6H2,1-5H3;1-2H3;/q-1;;. The molecule has 1 unspecified atom stereocenters. The number of hydrogen-bond donors (Lipinski definition) is 0. The van der Waals surface area contributed by atoms with Crippen molar-refractivity contribution in [1.82, 2.24) is 0 Å². The van der Waals surface area contributed by atoms with E-state index < -0.39 is 0 Å². The van der Waals surface area contributed by atoms with Gasteiger partial charge in [0.25, 0.3) is 0 Å². The third kappa shape index (κ3) is 4.11. The van der Waals surface area contributed by atoms with Crippen molar-refractivity contribution in [1.29, 1.82) is 0 Å². The van der Waals surface area contributed by atoms with Crippen LogP contribution in [0.5, 0.6) is 0 Å². The van der Waals surface area contributed by atoms with Gasteiger partial charge in [-0.15, -0.1) is 27.9 Å². The third-order valence-corrected chi connectivity index (χ3v) is 6.77. The van der Waals surface area contributed by atoms with Crippen molar-refractivity contribution >= 4 is 38.0 Å². The second kappa shape index (κ2) is 7.65. The summed E-state index contributed by atoms with van der Waals surface area (Å²) in [6.45, 7) is 15.6. The number of rotatable bonds is 1. The van der Waals surface area contributed by atoms with Gasteiger partial charge in [-0.05, 0) is 57.4 Å². The van der Waals surface area contributed by atoms with Gasteiger partial charge in [0, 0.05) is 0 Å². The summed E-state index contributed by atoms with van der Waals surface area (Å²) in [5.41, 5.74) is 6.26. The molecule has 3 aliphatic rings. The summed E-state index contributed by atoms with van der Waals surface area (Å²) < 4.78 is 2.87. The molecule has 2 aliphatic carbocycles. The molecule has 1 atom stereocenters. The fourth-order valence-corrected chi connectivity index (χ4v) is 5.84. The van der Waals surface area contributed by atoms with Gasteiger partial charge in [-0.3, -0.25) is 0 Å². The van der Waals surface area contributed by atoms with Crippen LogP contribution in [0.1, 0.15) is 52.8 Å². The SMILES string of the molecule is CC1=C(C2=CC(C(C)(C)C)=CC2)C2=c3cc(C)sc3=[C-]C2S1.C[C](C)=[Zr]. The molecule has 0 saturated heterocycles. The summed E-state index contributed by atoms with van der Waals surface area (Å²) in [4.78, 5) is 2.86. The van der Waals surface area contributed by atoms with Gasteiger partial charge < -0.3 is 0 Å². The quantitative estimate of drug-likeness (QED) is 0.514. The van der Waals surface area contributed by atoms with Crippen LogP contribution in [0.15, 0.2) is 39.8 Å². The van der Waals surface area contributed by atoms with Crippen LogP contribution < -0.4 is 9.75 Å². The zero-order valence-electron chi connectivity index (χ0n) is 16.8. The Morgan fingerprint density at radius 2 is 1.88 bits per heavy atom. The first-order valence-corrected chi connectivity index (χ1v) is 12.1. The second-order valence-electron chi connectivity index (χ2n) is 8.37. The Labute approximate surface area is 181 Å². The normalized spacial score (nSPS) is 20.8. The molecule has 1 aromatic heterocycles. The molecule has 1 aromatic rings. The Hall–Kier alpha value is -0.237. The van der Waals surface area contributed by atoms with Crippen LogP contribution in [0.25, 0.3) is 11.6 Å². The van der Waals surface area contributed by atoms with Gasteiger partial charge in [-0.1, -0.05) is 32.9 Å². The topological polar surface area (TPSA) is 0 Å². The molecular weight excluding hydrogens is 432 g/mol. The van der Waals surface area contributed by atoms with Crippen LogP contribution in [0.4, 0.5) is 0 Å². The summed E-state index contributed by atoms with van der Waals surface area (Å²) >= 11 is 5.42. The monoisotopic (exact) mass is 457 g/mol. The van der Waals surface area contributed by atoms with Crippen LogP contribution in [-0.4, -0.2) is 8.46 Å². The number of fused-ring (bicyclic) bond motifs is 2. The molecule has 1 aliphatic heterocycles. The molecule has 4 rings (SSSR count). The van der Waals surface area contributed by atoms with E-state index in [2.05, 4.69) is 72.8 Å². The molecule has 0 aromatic carbocycles. The first kappa shape index (κ1) is 20.5. The number of allylic oxidation sites excluding steroid dienone is 6. The first-order chi connectivity index (χ1) is 12.1. The van der Waals surface area contributed by atoms with Crippen molar-refractivity contribution in [2.24, 2.45) is 5.41 Å². The van der Waals surface area contributed by atoms with Gasteiger partial charge in [0.05, 0.1) is 0 Å². The van der Waals surface area contributed by atoms with E-state index in [9.17, 15) is 0 Å². The Bertz CT molecular complexity index is 970. The van der Waals surface area contributed by atoms with Crippen molar-refractivity contribution in [3.05, 3.63) is 54.5 Å². The van der Waals surface area contributed by atoms with E-state index in [1.165, 1.54) is 45.0 Å². The first-order valence-electron chi connectivity index (χ1n) is 9.13. The Balaban J connectivity index is 0.000000447. The molecule has 0 spiro atoms. The van der Waals surface area contributed by atoms with Crippen molar-refractivity contribution in [3.8, 4) is 0 Å². The Morgan fingerprint density at radius 1 is 1.23 bits per heavy atom. The van der Waals surface area contributed by atoms with Crippen molar-refractivity contribution < 1.29 is 24.2 Å². The van der Waals surface area contributed by atoms with Crippen LogP contribution in [0.2, 0.25) is 0 Å². The van der Waals surface area contributed by atoms with Gasteiger partial charge in [0.1, 0.15) is 0 Å². The van der Waals surface area contributed by atoms with Crippen molar-refractivity contribution in [2.75, 3.05) is 0 Å². The molecule has 0 fully saturated rings. The Morgan fingerprint density at radius 3 is 2.46 bits per heavy atom. The van der Waals surface area contributed by atoms with E-state index in [1.54, 1.807) is 24.2 Å². The third-order valence-electron chi connectivity index (χ3n) is 4.64. The van der Waals surface area contributed by atoms with E-state index in [0.29, 0.717) is 5.25 Å². The van der Waals surface area contributed by atoms with Crippen LogP contribution in [0.3, 0.4) is 0 Å². The summed E-state index contributed by atoms with van der Waals surface area (Å²) in [5, 5.41) is 1.87. The molecule has 26 heavy (non-hydrogen) atoms. The molecule has 3 heteroatoms. The fraction of sp³-hybridized carbons (Fsp3) is 0.435. The molecule has 136 valence electrons. The molecule has 0 N–H and O–H groups in total. The van der Waals surface area contributed by atoms with Gasteiger partial charge in [-0.2, -0.15) is 16.6 Å². The van der Waals surface area contributed by atoms with E-state index in [1.807, 2.05) is 23.1 Å². The molecule has 0 radical (unpaired) electrons. The van der Waals surface area contributed by atoms with Gasteiger partial charge in [0.15, 0.2) is 0 Å². The minimum absolute atomic E-state index is 0.240. The number of aryl methyl sites for hydroxylation is 1. The van der Waals surface area contributed by atoms with E-state index in [0.717, 1.165) is 6.42 Å². The Kier molecular flexibility index (Phi) is 6.03. The van der Waals surface area contributed by atoms with Crippen molar-refractivity contribution in [2.45, 2.75) is 60.1 Å². The number of thioether (sulfide) groups is 1.